The third-order valence-electron chi connectivity index (χ3n) is 4.14. The molecule has 0 bridgehead atoms. The van der Waals surface area contributed by atoms with Gasteiger partial charge in [-0.3, -0.25) is 4.79 Å². The summed E-state index contributed by atoms with van der Waals surface area (Å²) < 4.78 is 10.9. The van der Waals surface area contributed by atoms with E-state index in [1.165, 1.54) is 12.7 Å². The highest BCUT2D eigenvalue weighted by Crippen LogP contribution is 2.33. The molecule has 0 N–H and O–H groups in total. The van der Waals surface area contributed by atoms with Crippen LogP contribution in [0.3, 0.4) is 0 Å². The number of benzene rings is 1. The maximum atomic E-state index is 12.6. The van der Waals surface area contributed by atoms with Crippen LogP contribution < -0.4 is 9.47 Å². The minimum atomic E-state index is -0.0388. The fourth-order valence-electron chi connectivity index (χ4n) is 2.96. The molecule has 0 spiro atoms. The molecular formula is C18H18N2O3S. The van der Waals surface area contributed by atoms with Crippen molar-refractivity contribution in [3.8, 4) is 17.6 Å². The Hall–Kier alpha value is -2.52. The standard InChI is InChI=1S/C18H18N2O3S/c1-22-17-9-13(10-19)4-5-16(17)23-11-18(21)20-7-2-3-15(20)14-6-8-24-12-14/h4-6,8-9,12,15H,2-3,7,11H2,1H3. The highest BCUT2D eigenvalue weighted by molar-refractivity contribution is 7.07. The summed E-state index contributed by atoms with van der Waals surface area (Å²) in [5.74, 6) is 0.892. The van der Waals surface area contributed by atoms with Crippen LogP contribution in [0.15, 0.2) is 35.0 Å². The lowest BCUT2D eigenvalue weighted by molar-refractivity contribution is -0.134. The van der Waals surface area contributed by atoms with Crippen LogP contribution >= 0.6 is 11.3 Å². The van der Waals surface area contributed by atoms with Crippen molar-refractivity contribution in [2.75, 3.05) is 20.3 Å². The fraction of sp³-hybridized carbons (Fsp3) is 0.333. The van der Waals surface area contributed by atoms with Gasteiger partial charge in [0.1, 0.15) is 0 Å². The number of nitriles is 1. The molecule has 1 unspecified atom stereocenters. The van der Waals surface area contributed by atoms with Gasteiger partial charge in [-0.25, -0.2) is 0 Å². The number of rotatable bonds is 5. The van der Waals surface area contributed by atoms with Crippen LogP contribution in [-0.2, 0) is 4.79 Å². The molecule has 0 radical (unpaired) electrons. The van der Waals surface area contributed by atoms with Gasteiger partial charge in [0.05, 0.1) is 24.8 Å². The first kappa shape index (κ1) is 16.3. The van der Waals surface area contributed by atoms with Crippen molar-refractivity contribution < 1.29 is 14.3 Å². The molecule has 1 amide bonds. The van der Waals surface area contributed by atoms with E-state index < -0.39 is 0 Å². The van der Waals surface area contributed by atoms with Crippen molar-refractivity contribution in [2.24, 2.45) is 0 Å². The maximum Gasteiger partial charge on any atom is 0.261 e. The maximum absolute atomic E-state index is 12.6. The van der Waals surface area contributed by atoms with Gasteiger partial charge >= 0.3 is 0 Å². The number of nitrogens with zero attached hydrogens (tertiary/aromatic N) is 2. The van der Waals surface area contributed by atoms with Gasteiger partial charge in [0.25, 0.3) is 5.91 Å². The average Bonchev–Trinajstić information content (AvgIpc) is 3.30. The summed E-state index contributed by atoms with van der Waals surface area (Å²) in [5.41, 5.74) is 1.68. The molecular weight excluding hydrogens is 324 g/mol. The van der Waals surface area contributed by atoms with E-state index >= 15 is 0 Å². The number of amides is 1. The Balaban J connectivity index is 1.66. The Bertz CT molecular complexity index is 752. The van der Waals surface area contributed by atoms with Gasteiger partial charge in [0, 0.05) is 12.6 Å². The molecule has 1 saturated heterocycles. The lowest BCUT2D eigenvalue weighted by Crippen LogP contribution is -2.34. The van der Waals surface area contributed by atoms with Crippen molar-refractivity contribution >= 4 is 17.2 Å². The number of methoxy groups -OCH3 is 1. The van der Waals surface area contributed by atoms with Gasteiger partial charge in [0.2, 0.25) is 0 Å². The van der Waals surface area contributed by atoms with Crippen LogP contribution in [-0.4, -0.2) is 31.1 Å². The van der Waals surface area contributed by atoms with Gasteiger partial charge in [-0.15, -0.1) is 0 Å². The predicted octanol–water partition coefficient (Wildman–Crippen LogP) is 3.37. The van der Waals surface area contributed by atoms with Gasteiger partial charge < -0.3 is 14.4 Å². The molecule has 1 atom stereocenters. The zero-order valence-corrected chi connectivity index (χ0v) is 14.2. The van der Waals surface area contributed by atoms with Crippen LogP contribution in [0.25, 0.3) is 0 Å². The molecule has 1 aromatic heterocycles. The van der Waals surface area contributed by atoms with Crippen molar-refractivity contribution in [1.82, 2.24) is 4.90 Å². The number of thiophene rings is 1. The van der Waals surface area contributed by atoms with Crippen LogP contribution in [0.2, 0.25) is 0 Å². The van der Waals surface area contributed by atoms with E-state index in [1.807, 2.05) is 10.3 Å². The number of hydrogen-bond acceptors (Lipinski definition) is 5. The lowest BCUT2D eigenvalue weighted by Gasteiger charge is -2.24. The fourth-order valence-corrected chi connectivity index (χ4v) is 3.66. The van der Waals surface area contributed by atoms with Crippen molar-refractivity contribution in [1.29, 1.82) is 5.26 Å². The Kier molecular flexibility index (Phi) is 5.02. The van der Waals surface area contributed by atoms with Crippen molar-refractivity contribution in [2.45, 2.75) is 18.9 Å². The summed E-state index contributed by atoms with van der Waals surface area (Å²) in [6.45, 7) is 0.718. The molecule has 1 aliphatic heterocycles. The number of carbonyl (C=O) groups is 1. The Morgan fingerprint density at radius 1 is 1.42 bits per heavy atom. The van der Waals surface area contributed by atoms with Crippen LogP contribution in [0, 0.1) is 11.3 Å². The lowest BCUT2D eigenvalue weighted by atomic mass is 10.1. The first-order chi connectivity index (χ1) is 11.7. The highest BCUT2D eigenvalue weighted by Gasteiger charge is 2.30. The van der Waals surface area contributed by atoms with Crippen LogP contribution in [0.5, 0.6) is 11.5 Å². The van der Waals surface area contributed by atoms with Gasteiger partial charge in [0.15, 0.2) is 18.1 Å². The summed E-state index contributed by atoms with van der Waals surface area (Å²) >= 11 is 1.65. The molecule has 5 nitrogen and oxygen atoms in total. The topological polar surface area (TPSA) is 62.6 Å². The Morgan fingerprint density at radius 3 is 3.00 bits per heavy atom. The minimum Gasteiger partial charge on any atom is -0.493 e. The number of ether oxygens (including phenoxy) is 2. The third-order valence-corrected chi connectivity index (χ3v) is 4.85. The highest BCUT2D eigenvalue weighted by atomic mass is 32.1. The molecule has 2 aromatic rings. The minimum absolute atomic E-state index is 0.0323. The summed E-state index contributed by atoms with van der Waals surface area (Å²) in [6.07, 6.45) is 2.00. The third kappa shape index (κ3) is 3.36. The second-order valence-corrected chi connectivity index (χ2v) is 6.35. The van der Waals surface area contributed by atoms with E-state index in [-0.39, 0.29) is 18.6 Å². The van der Waals surface area contributed by atoms with Crippen LogP contribution in [0.4, 0.5) is 0 Å². The molecule has 1 aliphatic rings. The molecule has 3 rings (SSSR count). The second-order valence-electron chi connectivity index (χ2n) is 5.57. The van der Waals surface area contributed by atoms with E-state index in [0.29, 0.717) is 17.1 Å². The van der Waals surface area contributed by atoms with E-state index in [1.54, 1.807) is 29.5 Å². The van der Waals surface area contributed by atoms with E-state index in [4.69, 9.17) is 14.7 Å². The van der Waals surface area contributed by atoms with Crippen molar-refractivity contribution in [3.05, 3.63) is 46.2 Å². The summed E-state index contributed by atoms with van der Waals surface area (Å²) in [5, 5.41) is 13.1. The van der Waals surface area contributed by atoms with Gasteiger partial charge in [-0.2, -0.15) is 16.6 Å². The first-order valence-corrected chi connectivity index (χ1v) is 8.69. The molecule has 0 saturated carbocycles. The molecule has 0 aliphatic carbocycles. The zero-order chi connectivity index (χ0) is 16.9. The number of carbonyl (C=O) groups excluding carboxylic acids is 1. The van der Waals surface area contributed by atoms with Crippen molar-refractivity contribution in [3.63, 3.8) is 0 Å². The summed E-state index contributed by atoms with van der Waals surface area (Å²) in [7, 11) is 1.51. The average molecular weight is 342 g/mol. The van der Waals surface area contributed by atoms with Crippen LogP contribution in [0.1, 0.15) is 30.0 Å². The van der Waals surface area contributed by atoms with E-state index in [2.05, 4.69) is 17.5 Å². The van der Waals surface area contributed by atoms with Gasteiger partial charge in [-0.05, 0) is 47.4 Å². The van der Waals surface area contributed by atoms with E-state index in [0.717, 1.165) is 19.4 Å². The Labute approximate surface area is 145 Å². The second kappa shape index (κ2) is 7.37. The molecule has 1 aromatic carbocycles. The SMILES string of the molecule is COc1cc(C#N)ccc1OCC(=O)N1CCCC1c1ccsc1. The largest absolute Gasteiger partial charge is 0.493 e. The smallest absolute Gasteiger partial charge is 0.261 e. The summed E-state index contributed by atoms with van der Waals surface area (Å²) in [6, 6.07) is 9.18. The molecule has 2 heterocycles. The monoisotopic (exact) mass is 342 g/mol. The first-order valence-electron chi connectivity index (χ1n) is 7.75. The zero-order valence-electron chi connectivity index (χ0n) is 13.4. The molecule has 1 fully saturated rings. The van der Waals surface area contributed by atoms with Gasteiger partial charge in [-0.1, -0.05) is 0 Å². The molecule has 6 heteroatoms. The van der Waals surface area contributed by atoms with E-state index in [9.17, 15) is 4.79 Å². The quantitative estimate of drug-likeness (QED) is 0.836. The summed E-state index contributed by atoms with van der Waals surface area (Å²) in [4.78, 5) is 14.4. The number of likely N-dealkylation sites (tertiary alicyclic amines) is 1. The Morgan fingerprint density at radius 2 is 2.29 bits per heavy atom. The normalized spacial score (nSPS) is 16.7. The number of hydrogen-bond donors (Lipinski definition) is 0. The molecule has 124 valence electrons. The molecule has 24 heavy (non-hydrogen) atoms. The predicted molar refractivity (Wildman–Crippen MR) is 91.2 cm³/mol.